The van der Waals surface area contributed by atoms with Crippen molar-refractivity contribution in [3.63, 3.8) is 0 Å². The molecule has 0 aliphatic heterocycles. The number of hydrogen-bond donors (Lipinski definition) is 0. The van der Waals surface area contributed by atoms with Gasteiger partial charge in [0.15, 0.2) is 0 Å². The largest absolute Gasteiger partial charge is 1.00 e. The van der Waals surface area contributed by atoms with E-state index in [0.717, 1.165) is 0 Å². The van der Waals surface area contributed by atoms with Gasteiger partial charge in [-0.05, 0) is 6.42 Å². The first-order valence-corrected chi connectivity index (χ1v) is 6.01. The monoisotopic (exact) mass is 244 g/mol. The SMILES string of the molecule is CCCCCC(C)(C)SC(=S)[S-].[Na+]. The van der Waals surface area contributed by atoms with Crippen LogP contribution in [0.15, 0.2) is 0 Å². The number of thioether (sulfide) groups is 1. The Balaban J connectivity index is 0. The molecule has 0 spiro atoms. The molecule has 0 aromatic heterocycles. The first kappa shape index (κ1) is 17.1. The standard InChI is InChI=1S/C9H18S3.Na/c1-4-5-6-7-9(2,3)12-8(10)11;/h4-7H2,1-3H3,(H,10,11);/q;+1/p-1. The van der Waals surface area contributed by atoms with Gasteiger partial charge in [0.05, 0.1) is 0 Å². The first-order valence-electron chi connectivity index (χ1n) is 4.38. The fourth-order valence-corrected chi connectivity index (χ4v) is 3.13. The number of rotatable bonds is 5. The quantitative estimate of drug-likeness (QED) is 0.305. The maximum atomic E-state index is 4.90. The molecule has 0 heterocycles. The molecule has 0 amide bonds. The molecule has 0 aromatic rings. The molecule has 0 fully saturated rings. The maximum absolute atomic E-state index is 4.90. The maximum Gasteiger partial charge on any atom is 1.00 e. The van der Waals surface area contributed by atoms with E-state index in [1.807, 2.05) is 0 Å². The summed E-state index contributed by atoms with van der Waals surface area (Å²) in [6.07, 6.45) is 5.09. The van der Waals surface area contributed by atoms with E-state index in [1.165, 1.54) is 25.7 Å². The summed E-state index contributed by atoms with van der Waals surface area (Å²) in [5.41, 5.74) is 0. The zero-order chi connectivity index (χ0) is 9.61. The smallest absolute Gasteiger partial charge is 0.422 e. The van der Waals surface area contributed by atoms with Crippen molar-refractivity contribution in [2.24, 2.45) is 0 Å². The Labute approximate surface area is 120 Å². The molecule has 0 N–H and O–H groups in total. The molecular weight excluding hydrogens is 227 g/mol. The summed E-state index contributed by atoms with van der Waals surface area (Å²) in [5, 5.41) is 0. The summed E-state index contributed by atoms with van der Waals surface area (Å²) in [6, 6.07) is 0. The van der Waals surface area contributed by atoms with Gasteiger partial charge in [-0.1, -0.05) is 43.6 Å². The molecule has 0 aromatic carbocycles. The number of hydrogen-bond acceptors (Lipinski definition) is 3. The molecule has 0 saturated carbocycles. The van der Waals surface area contributed by atoms with Crippen LogP contribution in [0.2, 0.25) is 0 Å². The van der Waals surface area contributed by atoms with E-state index in [1.54, 1.807) is 11.8 Å². The Kier molecular flexibility index (Phi) is 11.7. The van der Waals surface area contributed by atoms with Gasteiger partial charge in [0.2, 0.25) is 0 Å². The van der Waals surface area contributed by atoms with Crippen LogP contribution in [0.3, 0.4) is 0 Å². The predicted octanol–water partition coefficient (Wildman–Crippen LogP) is 0.914. The van der Waals surface area contributed by atoms with Gasteiger partial charge < -0.3 is 24.8 Å². The van der Waals surface area contributed by atoms with Crippen LogP contribution in [0.5, 0.6) is 0 Å². The minimum absolute atomic E-state index is 0. The van der Waals surface area contributed by atoms with Gasteiger partial charge in [0.1, 0.15) is 0 Å². The molecule has 13 heavy (non-hydrogen) atoms. The van der Waals surface area contributed by atoms with Crippen molar-refractivity contribution in [2.75, 3.05) is 0 Å². The van der Waals surface area contributed by atoms with Crippen LogP contribution < -0.4 is 29.6 Å². The van der Waals surface area contributed by atoms with Gasteiger partial charge in [-0.3, -0.25) is 0 Å². The van der Waals surface area contributed by atoms with Crippen molar-refractivity contribution in [3.8, 4) is 0 Å². The van der Waals surface area contributed by atoms with Crippen molar-refractivity contribution in [3.05, 3.63) is 0 Å². The molecule has 0 aliphatic carbocycles. The van der Waals surface area contributed by atoms with E-state index in [9.17, 15) is 0 Å². The molecule has 0 nitrogen and oxygen atoms in total. The average Bonchev–Trinajstić information content (AvgIpc) is 1.84. The molecule has 0 radical (unpaired) electrons. The third-order valence-electron chi connectivity index (χ3n) is 1.74. The second-order valence-corrected chi connectivity index (χ2v) is 6.88. The molecule has 0 aliphatic rings. The van der Waals surface area contributed by atoms with Crippen molar-refractivity contribution < 1.29 is 29.6 Å². The Morgan fingerprint density at radius 2 is 1.92 bits per heavy atom. The number of thiocarbonyl (C=S) groups is 1. The molecule has 0 atom stereocenters. The van der Waals surface area contributed by atoms with E-state index in [4.69, 9.17) is 24.8 Å². The van der Waals surface area contributed by atoms with Crippen LogP contribution in [0.4, 0.5) is 0 Å². The summed E-state index contributed by atoms with van der Waals surface area (Å²) in [4.78, 5) is 0. The third-order valence-corrected chi connectivity index (χ3v) is 3.17. The molecule has 0 unspecified atom stereocenters. The predicted molar refractivity (Wildman–Crippen MR) is 65.8 cm³/mol. The fraction of sp³-hybridized carbons (Fsp3) is 0.889. The van der Waals surface area contributed by atoms with Gasteiger partial charge >= 0.3 is 29.6 Å². The Bertz CT molecular complexity index is 146. The molecule has 72 valence electrons. The minimum atomic E-state index is 0. The summed E-state index contributed by atoms with van der Waals surface area (Å²) >= 11 is 11.5. The normalized spacial score (nSPS) is 10.7. The van der Waals surface area contributed by atoms with Gasteiger partial charge in [-0.15, -0.1) is 11.8 Å². The van der Waals surface area contributed by atoms with Crippen molar-refractivity contribution in [1.82, 2.24) is 0 Å². The third kappa shape index (κ3) is 11.6. The van der Waals surface area contributed by atoms with E-state index in [2.05, 4.69) is 20.8 Å². The fourth-order valence-electron chi connectivity index (χ4n) is 1.08. The van der Waals surface area contributed by atoms with E-state index in [-0.39, 0.29) is 34.3 Å². The second kappa shape index (κ2) is 8.93. The van der Waals surface area contributed by atoms with Gasteiger partial charge in [0, 0.05) is 4.75 Å². The van der Waals surface area contributed by atoms with Crippen molar-refractivity contribution >= 4 is 40.1 Å². The van der Waals surface area contributed by atoms with Crippen LogP contribution >= 0.6 is 24.0 Å². The van der Waals surface area contributed by atoms with Gasteiger partial charge in [-0.25, -0.2) is 0 Å². The summed E-state index contributed by atoms with van der Waals surface area (Å²) in [6.45, 7) is 6.65. The molecule has 0 bridgehead atoms. The van der Waals surface area contributed by atoms with Crippen LogP contribution in [0.25, 0.3) is 0 Å². The summed E-state index contributed by atoms with van der Waals surface area (Å²) < 4.78 is 0.894. The Morgan fingerprint density at radius 3 is 2.31 bits per heavy atom. The number of unbranched alkanes of at least 4 members (excludes halogenated alkanes) is 2. The van der Waals surface area contributed by atoms with Gasteiger partial charge in [-0.2, -0.15) is 0 Å². The van der Waals surface area contributed by atoms with Gasteiger partial charge in [0.25, 0.3) is 0 Å². The zero-order valence-corrected chi connectivity index (χ0v) is 13.5. The van der Waals surface area contributed by atoms with Crippen molar-refractivity contribution in [1.29, 1.82) is 0 Å². The van der Waals surface area contributed by atoms with Crippen LogP contribution in [0.1, 0.15) is 46.5 Å². The van der Waals surface area contributed by atoms with E-state index < -0.39 is 0 Å². The van der Waals surface area contributed by atoms with E-state index in [0.29, 0.717) is 3.53 Å². The van der Waals surface area contributed by atoms with Crippen LogP contribution in [-0.4, -0.2) is 8.28 Å². The first-order chi connectivity index (χ1) is 5.48. The molecule has 4 heteroatoms. The summed E-state index contributed by atoms with van der Waals surface area (Å²) in [5.74, 6) is 0. The Hall–Kier alpha value is 1.66. The van der Waals surface area contributed by atoms with Crippen LogP contribution in [0, 0.1) is 0 Å². The average molecular weight is 244 g/mol. The van der Waals surface area contributed by atoms with Crippen LogP contribution in [-0.2, 0) is 12.6 Å². The molecule has 0 rings (SSSR count). The topological polar surface area (TPSA) is 0 Å². The minimum Gasteiger partial charge on any atom is -0.422 e. The van der Waals surface area contributed by atoms with E-state index >= 15 is 0 Å². The molecular formula is C9H17NaS3. The molecule has 0 saturated heterocycles. The Morgan fingerprint density at radius 1 is 1.38 bits per heavy atom. The summed E-state index contributed by atoms with van der Waals surface area (Å²) in [7, 11) is 0. The second-order valence-electron chi connectivity index (χ2n) is 3.57. The zero-order valence-electron chi connectivity index (χ0n) is 9.05. The van der Waals surface area contributed by atoms with Crippen molar-refractivity contribution in [2.45, 2.75) is 51.2 Å².